The Labute approximate surface area is 282 Å². The standard InChI is InChI=1S/C34H67N3O10/c1-13-15-35-32(41)46-27-21(5)29(47-31-26(38)24(36(10)11)16-20(4)44-31)33(8,42)17-19(3)18-37(12)23(7)28(39)34(9,43)25(14-2)45-30(40)22(27)6/h19-31,38-40,42-43H,13-18H2,1-12H3,(H,35,41). The fourth-order valence-electron chi connectivity index (χ4n) is 7.46. The van der Waals surface area contributed by atoms with Crippen LogP contribution < -0.4 is 5.32 Å². The molecule has 2 heterocycles. The molecule has 2 aliphatic rings. The molecule has 2 aliphatic heterocycles. The third kappa shape index (κ3) is 10.7. The molecular weight excluding hydrogens is 610 g/mol. The molecule has 0 spiro atoms. The molecule has 2 fully saturated rings. The van der Waals surface area contributed by atoms with Crippen molar-refractivity contribution in [1.29, 1.82) is 0 Å². The smallest absolute Gasteiger partial charge is 0.407 e. The van der Waals surface area contributed by atoms with Crippen LogP contribution >= 0.6 is 0 Å². The third-order valence-electron chi connectivity index (χ3n) is 10.3. The quantitative estimate of drug-likeness (QED) is 0.232. The summed E-state index contributed by atoms with van der Waals surface area (Å²) in [5.74, 6) is -1.76. The fraction of sp³-hybridized carbons (Fsp3) is 0.971. The number of aliphatic hydroxyl groups excluding tert-OH is 3. The average molecular weight is 678 g/mol. The molecule has 13 nitrogen and oxygen atoms in total. The van der Waals surface area contributed by atoms with Crippen molar-refractivity contribution in [2.45, 2.75) is 160 Å². The van der Waals surface area contributed by atoms with Gasteiger partial charge in [0.2, 0.25) is 0 Å². The minimum atomic E-state index is -1.74. The zero-order valence-electron chi connectivity index (χ0n) is 30.9. The molecule has 0 saturated carbocycles. The van der Waals surface area contributed by atoms with Crippen LogP contribution in [0.4, 0.5) is 4.79 Å². The average Bonchev–Trinajstić information content (AvgIpc) is 2.98. The molecule has 0 aromatic heterocycles. The SMILES string of the molecule is CCCNC(=O)OC1C(C)C(O)OC(CC)C(C)(O)C(O)C(C)N(C)CC(C)CC(C)(O)C(OC2OC(C)CC(N(C)C)C2O)C1C. The van der Waals surface area contributed by atoms with Gasteiger partial charge in [-0.15, -0.1) is 0 Å². The van der Waals surface area contributed by atoms with Crippen molar-refractivity contribution in [3.63, 3.8) is 0 Å². The van der Waals surface area contributed by atoms with Gasteiger partial charge in [-0.3, -0.25) is 0 Å². The van der Waals surface area contributed by atoms with E-state index >= 15 is 0 Å². The van der Waals surface area contributed by atoms with Gasteiger partial charge >= 0.3 is 6.09 Å². The summed E-state index contributed by atoms with van der Waals surface area (Å²) in [7, 11) is 5.60. The van der Waals surface area contributed by atoms with Gasteiger partial charge in [0.05, 0.1) is 23.9 Å². The molecule has 0 aromatic rings. The fourth-order valence-corrected chi connectivity index (χ4v) is 7.46. The van der Waals surface area contributed by atoms with Gasteiger partial charge in [0, 0.05) is 37.0 Å². The number of hydrogen-bond donors (Lipinski definition) is 6. The molecule has 0 bridgehead atoms. The van der Waals surface area contributed by atoms with Crippen molar-refractivity contribution < 1.29 is 49.3 Å². The Morgan fingerprint density at radius 1 is 1.02 bits per heavy atom. The molecule has 278 valence electrons. The Hall–Kier alpha value is -1.13. The van der Waals surface area contributed by atoms with Crippen LogP contribution in [0.3, 0.4) is 0 Å². The zero-order valence-corrected chi connectivity index (χ0v) is 30.9. The molecule has 2 saturated heterocycles. The lowest BCUT2D eigenvalue weighted by Gasteiger charge is -2.47. The van der Waals surface area contributed by atoms with E-state index < -0.39 is 78.3 Å². The molecule has 47 heavy (non-hydrogen) atoms. The maximum Gasteiger partial charge on any atom is 0.407 e. The van der Waals surface area contributed by atoms with Crippen LogP contribution in [-0.4, -0.2) is 148 Å². The van der Waals surface area contributed by atoms with Crippen LogP contribution in [0.15, 0.2) is 0 Å². The molecule has 13 heteroatoms. The number of carbonyl (C=O) groups excluding carboxylic acids is 1. The summed E-state index contributed by atoms with van der Waals surface area (Å²) in [6.07, 6.45) is -7.13. The number of nitrogens with zero attached hydrogens (tertiary/aromatic N) is 2. The third-order valence-corrected chi connectivity index (χ3v) is 10.3. The first-order chi connectivity index (χ1) is 21.7. The summed E-state index contributed by atoms with van der Waals surface area (Å²) in [6, 6.07) is -0.763. The molecule has 0 aromatic carbocycles. The Balaban J connectivity index is 2.68. The van der Waals surface area contributed by atoms with E-state index in [1.54, 1.807) is 27.7 Å². The Bertz CT molecular complexity index is 955. The van der Waals surface area contributed by atoms with E-state index in [-0.39, 0.29) is 30.9 Å². The lowest BCUT2D eigenvalue weighted by Crippen LogP contribution is -2.59. The highest BCUT2D eigenvalue weighted by atomic mass is 16.7. The maximum absolute atomic E-state index is 13.0. The molecule has 0 aliphatic carbocycles. The van der Waals surface area contributed by atoms with Crippen molar-refractivity contribution >= 4 is 6.09 Å². The molecule has 15 unspecified atom stereocenters. The lowest BCUT2D eigenvalue weighted by atomic mass is 9.77. The zero-order chi connectivity index (χ0) is 36.0. The highest BCUT2D eigenvalue weighted by molar-refractivity contribution is 5.67. The Morgan fingerprint density at radius 3 is 2.19 bits per heavy atom. The van der Waals surface area contributed by atoms with Crippen molar-refractivity contribution in [3.05, 3.63) is 0 Å². The summed E-state index contributed by atoms with van der Waals surface area (Å²) in [5, 5.41) is 60.8. The number of nitrogens with one attached hydrogen (secondary N) is 1. The number of aliphatic hydroxyl groups is 5. The van der Waals surface area contributed by atoms with Crippen LogP contribution in [0.5, 0.6) is 0 Å². The predicted molar refractivity (Wildman–Crippen MR) is 178 cm³/mol. The van der Waals surface area contributed by atoms with Gasteiger partial charge in [-0.25, -0.2) is 4.79 Å². The van der Waals surface area contributed by atoms with Gasteiger partial charge in [0.15, 0.2) is 12.6 Å². The minimum Gasteiger partial charge on any atom is -0.445 e. The van der Waals surface area contributed by atoms with E-state index in [4.69, 9.17) is 18.9 Å². The number of likely N-dealkylation sites (N-methyl/N-ethyl adjacent to an activating group) is 2. The summed E-state index contributed by atoms with van der Waals surface area (Å²) < 4.78 is 24.8. The Morgan fingerprint density at radius 2 is 1.64 bits per heavy atom. The largest absolute Gasteiger partial charge is 0.445 e. The first kappa shape index (κ1) is 42.0. The second-order valence-electron chi connectivity index (χ2n) is 15.1. The second kappa shape index (κ2) is 17.7. The molecule has 1 amide bonds. The van der Waals surface area contributed by atoms with Crippen molar-refractivity contribution in [3.8, 4) is 0 Å². The van der Waals surface area contributed by atoms with Crippen molar-refractivity contribution in [2.24, 2.45) is 17.8 Å². The number of amides is 1. The van der Waals surface area contributed by atoms with Gasteiger partial charge in [0.1, 0.15) is 23.9 Å². The van der Waals surface area contributed by atoms with Crippen molar-refractivity contribution in [1.82, 2.24) is 15.1 Å². The lowest BCUT2D eigenvalue weighted by molar-refractivity contribution is -0.301. The van der Waals surface area contributed by atoms with E-state index in [2.05, 4.69) is 5.32 Å². The van der Waals surface area contributed by atoms with Gasteiger partial charge in [0.25, 0.3) is 0 Å². The Kier molecular flexibility index (Phi) is 15.8. The molecule has 6 N–H and O–H groups in total. The second-order valence-corrected chi connectivity index (χ2v) is 15.1. The van der Waals surface area contributed by atoms with Gasteiger partial charge in [-0.2, -0.15) is 0 Å². The predicted octanol–water partition coefficient (Wildman–Crippen LogP) is 1.91. The normalized spacial score (nSPS) is 45.2. The maximum atomic E-state index is 13.0. The number of ether oxygens (including phenoxy) is 4. The van der Waals surface area contributed by atoms with Gasteiger partial charge in [-0.05, 0) is 80.4 Å². The minimum absolute atomic E-state index is 0.128. The molecule has 15 atom stereocenters. The number of hydrogen-bond acceptors (Lipinski definition) is 12. The number of rotatable bonds is 7. The number of alkyl carbamates (subject to hydrolysis) is 1. The van der Waals surface area contributed by atoms with E-state index in [9.17, 15) is 30.3 Å². The summed E-state index contributed by atoms with van der Waals surface area (Å²) in [6.45, 7) is 16.8. The van der Waals surface area contributed by atoms with Crippen LogP contribution in [0, 0.1) is 17.8 Å². The number of carbonyl (C=O) groups is 1. The van der Waals surface area contributed by atoms with E-state index in [1.807, 2.05) is 58.6 Å². The van der Waals surface area contributed by atoms with E-state index in [1.165, 1.54) is 6.92 Å². The first-order valence-electron chi connectivity index (χ1n) is 17.5. The highest BCUT2D eigenvalue weighted by Crippen LogP contribution is 2.38. The summed E-state index contributed by atoms with van der Waals surface area (Å²) >= 11 is 0. The van der Waals surface area contributed by atoms with Crippen LogP contribution in [0.2, 0.25) is 0 Å². The first-order valence-corrected chi connectivity index (χ1v) is 17.5. The molecule has 0 radical (unpaired) electrons. The van der Waals surface area contributed by atoms with Gasteiger partial charge in [-0.1, -0.05) is 34.6 Å². The molecular formula is C34H67N3O10. The monoisotopic (exact) mass is 677 g/mol. The van der Waals surface area contributed by atoms with Crippen LogP contribution in [0.25, 0.3) is 0 Å². The van der Waals surface area contributed by atoms with Crippen LogP contribution in [-0.2, 0) is 18.9 Å². The van der Waals surface area contributed by atoms with E-state index in [0.717, 1.165) is 0 Å². The topological polar surface area (TPSA) is 174 Å². The van der Waals surface area contributed by atoms with Gasteiger partial charge < -0.3 is 59.6 Å². The van der Waals surface area contributed by atoms with Crippen LogP contribution in [0.1, 0.15) is 88.0 Å². The van der Waals surface area contributed by atoms with Crippen molar-refractivity contribution in [2.75, 3.05) is 34.2 Å². The highest BCUT2D eigenvalue weighted by Gasteiger charge is 2.50. The summed E-state index contributed by atoms with van der Waals surface area (Å²) in [5.41, 5.74) is -3.28. The summed E-state index contributed by atoms with van der Waals surface area (Å²) in [4.78, 5) is 16.9. The van der Waals surface area contributed by atoms with E-state index in [0.29, 0.717) is 25.9 Å². The molecule has 2 rings (SSSR count).